The van der Waals surface area contributed by atoms with E-state index in [4.69, 9.17) is 0 Å². The molecule has 0 saturated carbocycles. The van der Waals surface area contributed by atoms with Gasteiger partial charge in [-0.1, -0.05) is 47.8 Å². The normalized spacial score (nSPS) is 12.7. The summed E-state index contributed by atoms with van der Waals surface area (Å²) in [5, 5.41) is 2.40. The zero-order chi connectivity index (χ0) is 20.0. The molecule has 5 nitrogen and oxygen atoms in total. The molecule has 3 heterocycles. The minimum Gasteiger partial charge on any atom is -0.290 e. The second-order valence-corrected chi connectivity index (χ2v) is 9.39. The molecular weight excluding hydrogens is 422 g/mol. The summed E-state index contributed by atoms with van der Waals surface area (Å²) < 4.78 is 2.16. The molecule has 2 aromatic carbocycles. The highest BCUT2D eigenvalue weighted by molar-refractivity contribution is 8.00. The lowest BCUT2D eigenvalue weighted by atomic mass is 10.2. The summed E-state index contributed by atoms with van der Waals surface area (Å²) in [6.45, 7) is 0. The summed E-state index contributed by atoms with van der Waals surface area (Å²) in [5.41, 5.74) is 2.37. The van der Waals surface area contributed by atoms with Gasteiger partial charge in [-0.3, -0.25) is 19.1 Å². The van der Waals surface area contributed by atoms with E-state index in [9.17, 15) is 9.59 Å². The Labute approximate surface area is 179 Å². The van der Waals surface area contributed by atoms with Crippen LogP contribution in [-0.4, -0.2) is 21.2 Å². The standard InChI is InChI=1S/C21H15N3O2S3/c1-23-20(26)19-13(10-11-27-19)22-21(23)28-12-18(25)24-14-6-2-4-8-16(14)29-17-9-5-3-7-15(17)24/h2-11H,12H2,1H3. The first-order valence-corrected chi connectivity index (χ1v) is 11.6. The van der Waals surface area contributed by atoms with Crippen LogP contribution in [-0.2, 0) is 11.8 Å². The van der Waals surface area contributed by atoms with E-state index in [0.717, 1.165) is 21.2 Å². The summed E-state index contributed by atoms with van der Waals surface area (Å²) in [4.78, 5) is 34.2. The zero-order valence-corrected chi connectivity index (χ0v) is 17.8. The lowest BCUT2D eigenvalue weighted by Gasteiger charge is -2.31. The number of nitrogens with zero attached hydrogens (tertiary/aromatic N) is 3. The maximum atomic E-state index is 13.3. The third kappa shape index (κ3) is 3.17. The highest BCUT2D eigenvalue weighted by atomic mass is 32.2. The Hall–Kier alpha value is -2.55. The SMILES string of the molecule is Cn1c(SCC(=O)N2c3ccccc3Sc3ccccc32)nc2ccsc2c1=O. The molecule has 1 aliphatic rings. The molecule has 4 aromatic rings. The van der Waals surface area contributed by atoms with Gasteiger partial charge in [0.05, 0.1) is 22.6 Å². The number of rotatable bonds is 3. The van der Waals surface area contributed by atoms with Gasteiger partial charge in [0.1, 0.15) is 4.70 Å². The lowest BCUT2D eigenvalue weighted by molar-refractivity contribution is -0.115. The molecule has 1 amide bonds. The number of carbonyl (C=O) groups is 1. The molecule has 0 N–H and O–H groups in total. The number of thioether (sulfide) groups is 1. The monoisotopic (exact) mass is 437 g/mol. The Balaban J connectivity index is 1.48. The fourth-order valence-electron chi connectivity index (χ4n) is 3.26. The van der Waals surface area contributed by atoms with Crippen molar-refractivity contribution in [1.29, 1.82) is 0 Å². The van der Waals surface area contributed by atoms with Crippen LogP contribution >= 0.6 is 34.9 Å². The second-order valence-electron chi connectivity index (χ2n) is 6.45. The Bertz CT molecular complexity index is 1270. The molecular formula is C21H15N3O2S3. The smallest absolute Gasteiger partial charge is 0.271 e. The molecule has 5 rings (SSSR count). The van der Waals surface area contributed by atoms with E-state index in [-0.39, 0.29) is 17.2 Å². The fourth-order valence-corrected chi connectivity index (χ4v) is 5.95. The average Bonchev–Trinajstić information content (AvgIpc) is 3.22. The van der Waals surface area contributed by atoms with Gasteiger partial charge in [-0.05, 0) is 35.7 Å². The van der Waals surface area contributed by atoms with Crippen LogP contribution < -0.4 is 10.5 Å². The van der Waals surface area contributed by atoms with Crippen molar-refractivity contribution in [2.24, 2.45) is 7.05 Å². The summed E-state index contributed by atoms with van der Waals surface area (Å²) in [7, 11) is 1.70. The minimum absolute atomic E-state index is 0.0464. The molecule has 0 atom stereocenters. The van der Waals surface area contributed by atoms with Gasteiger partial charge in [0, 0.05) is 16.8 Å². The summed E-state index contributed by atoms with van der Waals surface area (Å²) in [6, 6.07) is 17.7. The number of para-hydroxylation sites is 2. The van der Waals surface area contributed by atoms with Crippen LogP contribution in [0.25, 0.3) is 10.2 Å². The van der Waals surface area contributed by atoms with E-state index in [2.05, 4.69) is 4.98 Å². The van der Waals surface area contributed by atoms with Gasteiger partial charge < -0.3 is 0 Å². The van der Waals surface area contributed by atoms with E-state index in [0.29, 0.717) is 15.4 Å². The number of hydrogen-bond acceptors (Lipinski definition) is 6. The van der Waals surface area contributed by atoms with Crippen LogP contribution in [0.3, 0.4) is 0 Å². The van der Waals surface area contributed by atoms with E-state index in [1.54, 1.807) is 23.7 Å². The zero-order valence-electron chi connectivity index (χ0n) is 15.4. The van der Waals surface area contributed by atoms with E-state index in [1.807, 2.05) is 60.0 Å². The van der Waals surface area contributed by atoms with Crippen LogP contribution in [0.5, 0.6) is 0 Å². The number of amides is 1. The molecule has 29 heavy (non-hydrogen) atoms. The number of aromatic nitrogens is 2. The van der Waals surface area contributed by atoms with E-state index in [1.165, 1.54) is 27.7 Å². The van der Waals surface area contributed by atoms with Crippen molar-refractivity contribution in [3.63, 3.8) is 0 Å². The molecule has 2 aromatic heterocycles. The summed E-state index contributed by atoms with van der Waals surface area (Å²) >= 11 is 4.34. The largest absolute Gasteiger partial charge is 0.290 e. The van der Waals surface area contributed by atoms with Crippen LogP contribution in [0.4, 0.5) is 11.4 Å². The Kier molecular flexibility index (Phi) is 4.69. The van der Waals surface area contributed by atoms with Gasteiger partial charge in [-0.25, -0.2) is 4.98 Å². The molecule has 0 bridgehead atoms. The first-order chi connectivity index (χ1) is 14.1. The van der Waals surface area contributed by atoms with Crippen molar-refractivity contribution in [2.45, 2.75) is 14.9 Å². The van der Waals surface area contributed by atoms with Gasteiger partial charge in [-0.15, -0.1) is 11.3 Å². The van der Waals surface area contributed by atoms with E-state index < -0.39 is 0 Å². The van der Waals surface area contributed by atoms with Crippen molar-refractivity contribution in [2.75, 3.05) is 10.7 Å². The molecule has 0 radical (unpaired) electrons. The van der Waals surface area contributed by atoms with Crippen molar-refractivity contribution in [3.8, 4) is 0 Å². The first-order valence-electron chi connectivity index (χ1n) is 8.89. The van der Waals surface area contributed by atoms with Gasteiger partial charge in [0.25, 0.3) is 5.56 Å². The topological polar surface area (TPSA) is 55.2 Å². The molecule has 0 fully saturated rings. The van der Waals surface area contributed by atoms with Gasteiger partial charge in [-0.2, -0.15) is 0 Å². The summed E-state index contributed by atoms with van der Waals surface area (Å²) in [5.74, 6) is 0.137. The number of thiophene rings is 1. The molecule has 8 heteroatoms. The Morgan fingerprint density at radius 3 is 2.38 bits per heavy atom. The van der Waals surface area contributed by atoms with Gasteiger partial charge in [0.15, 0.2) is 5.16 Å². The minimum atomic E-state index is -0.0787. The first kappa shape index (κ1) is 18.5. The van der Waals surface area contributed by atoms with Crippen molar-refractivity contribution in [3.05, 3.63) is 70.3 Å². The third-order valence-corrected chi connectivity index (χ3v) is 7.69. The fraction of sp³-hybridized carbons (Fsp3) is 0.0952. The third-order valence-electron chi connectivity index (χ3n) is 4.65. The lowest BCUT2D eigenvalue weighted by Crippen LogP contribution is -2.30. The highest BCUT2D eigenvalue weighted by Crippen LogP contribution is 2.48. The number of anilines is 2. The van der Waals surface area contributed by atoms with Gasteiger partial charge >= 0.3 is 0 Å². The molecule has 0 unspecified atom stereocenters. The maximum absolute atomic E-state index is 13.3. The number of fused-ring (bicyclic) bond motifs is 3. The molecule has 0 spiro atoms. The highest BCUT2D eigenvalue weighted by Gasteiger charge is 2.28. The van der Waals surface area contributed by atoms with Crippen LogP contribution in [0.15, 0.2) is 79.7 Å². The number of carbonyl (C=O) groups excluding carboxylic acids is 1. The van der Waals surface area contributed by atoms with Crippen LogP contribution in [0.2, 0.25) is 0 Å². The van der Waals surface area contributed by atoms with Crippen LogP contribution in [0.1, 0.15) is 0 Å². The predicted molar refractivity (Wildman–Crippen MR) is 120 cm³/mol. The molecule has 0 aliphatic carbocycles. The van der Waals surface area contributed by atoms with Crippen molar-refractivity contribution in [1.82, 2.24) is 9.55 Å². The Morgan fingerprint density at radius 2 is 1.69 bits per heavy atom. The maximum Gasteiger partial charge on any atom is 0.271 e. The predicted octanol–water partition coefficient (Wildman–Crippen LogP) is 4.92. The van der Waals surface area contributed by atoms with Crippen molar-refractivity contribution >= 4 is 62.4 Å². The quantitative estimate of drug-likeness (QED) is 0.336. The molecule has 0 saturated heterocycles. The van der Waals surface area contributed by atoms with Crippen LogP contribution in [0, 0.1) is 0 Å². The second kappa shape index (κ2) is 7.37. The van der Waals surface area contributed by atoms with Gasteiger partial charge in [0.2, 0.25) is 5.91 Å². The Morgan fingerprint density at radius 1 is 1.03 bits per heavy atom. The number of benzene rings is 2. The molecule has 144 valence electrons. The number of hydrogen-bond donors (Lipinski definition) is 0. The van der Waals surface area contributed by atoms with E-state index >= 15 is 0 Å². The average molecular weight is 438 g/mol. The molecule has 1 aliphatic heterocycles. The summed E-state index contributed by atoms with van der Waals surface area (Å²) in [6.07, 6.45) is 0. The van der Waals surface area contributed by atoms with Crippen molar-refractivity contribution < 1.29 is 4.79 Å².